The molecule has 1 amide bonds. The predicted octanol–water partition coefficient (Wildman–Crippen LogP) is 2.77. The quantitative estimate of drug-likeness (QED) is 0.674. The molecule has 2 aromatic carbocycles. The van der Waals surface area contributed by atoms with E-state index in [1.807, 2.05) is 18.2 Å². The Kier molecular flexibility index (Phi) is 5.24. The minimum absolute atomic E-state index is 0.0386. The van der Waals surface area contributed by atoms with Crippen molar-refractivity contribution in [1.29, 1.82) is 5.26 Å². The van der Waals surface area contributed by atoms with E-state index in [1.165, 1.54) is 30.9 Å². The van der Waals surface area contributed by atoms with Gasteiger partial charge < -0.3 is 10.1 Å². The number of benzene rings is 2. The summed E-state index contributed by atoms with van der Waals surface area (Å²) in [6.45, 7) is 0.370. The van der Waals surface area contributed by atoms with Crippen molar-refractivity contribution in [1.82, 2.24) is 20.4 Å². The van der Waals surface area contributed by atoms with E-state index in [0.717, 1.165) is 11.1 Å². The van der Waals surface area contributed by atoms with Gasteiger partial charge in [-0.25, -0.2) is 14.4 Å². The average Bonchev–Trinajstić information content (AvgIpc) is 3.11. The van der Waals surface area contributed by atoms with Crippen molar-refractivity contribution in [2.75, 3.05) is 12.4 Å². The molecule has 9 heteroatoms. The maximum atomic E-state index is 14.1. The summed E-state index contributed by atoms with van der Waals surface area (Å²) in [4.78, 5) is 20.4. The van der Waals surface area contributed by atoms with Gasteiger partial charge in [0.25, 0.3) is 5.91 Å². The fourth-order valence-corrected chi connectivity index (χ4v) is 3.35. The largest absolute Gasteiger partial charge is 0.496 e. The van der Waals surface area contributed by atoms with Gasteiger partial charge in [-0.15, -0.1) is 0 Å². The molecular weight excluding hydrogens is 387 g/mol. The van der Waals surface area contributed by atoms with E-state index < -0.39 is 12.0 Å². The molecule has 0 spiro atoms. The second-order valence-corrected chi connectivity index (χ2v) is 6.58. The van der Waals surface area contributed by atoms with Gasteiger partial charge in [0.05, 0.1) is 18.2 Å². The lowest BCUT2D eigenvalue weighted by atomic mass is 10.1. The van der Waals surface area contributed by atoms with Crippen molar-refractivity contribution >= 4 is 11.6 Å². The molecule has 1 aromatic heterocycles. The number of methoxy groups -OCH3 is 1. The van der Waals surface area contributed by atoms with Gasteiger partial charge >= 0.3 is 0 Å². The molecule has 1 atom stereocenters. The second kappa shape index (κ2) is 8.14. The van der Waals surface area contributed by atoms with Crippen LogP contribution < -0.4 is 15.5 Å². The van der Waals surface area contributed by atoms with Gasteiger partial charge in [0, 0.05) is 30.2 Å². The van der Waals surface area contributed by atoms with Gasteiger partial charge in [0.1, 0.15) is 30.1 Å². The monoisotopic (exact) mass is 404 g/mol. The van der Waals surface area contributed by atoms with E-state index in [-0.39, 0.29) is 11.5 Å². The molecule has 0 radical (unpaired) electrons. The molecule has 4 rings (SSSR count). The smallest absolute Gasteiger partial charge is 0.268 e. The van der Waals surface area contributed by atoms with Crippen LogP contribution in [0.1, 0.15) is 33.2 Å². The van der Waals surface area contributed by atoms with Crippen molar-refractivity contribution < 1.29 is 13.9 Å². The molecule has 8 nitrogen and oxygen atoms in total. The van der Waals surface area contributed by atoms with Crippen molar-refractivity contribution in [2.24, 2.45) is 0 Å². The highest BCUT2D eigenvalue weighted by Crippen LogP contribution is 2.38. The SMILES string of the molecule is COc1cccc2c1CN(NC(=O)c1cncnc1)C2Nc1ccc(C#N)c(F)c1. The molecule has 0 bridgehead atoms. The Bertz CT molecular complexity index is 1130. The molecule has 3 aromatic rings. The van der Waals surface area contributed by atoms with Crippen LogP contribution in [0.4, 0.5) is 10.1 Å². The zero-order valence-corrected chi connectivity index (χ0v) is 16.0. The number of fused-ring (bicyclic) bond motifs is 1. The first-order valence-corrected chi connectivity index (χ1v) is 9.05. The third kappa shape index (κ3) is 3.64. The first-order valence-electron chi connectivity index (χ1n) is 9.05. The summed E-state index contributed by atoms with van der Waals surface area (Å²) < 4.78 is 19.5. The standard InChI is InChI=1S/C21H17FN6O2/c1-30-19-4-2-3-16-17(19)11-28(27-21(29)14-9-24-12-25-10-14)20(16)26-15-6-5-13(8-23)18(22)7-15/h2-7,9-10,12,20,26H,11H2,1H3,(H,27,29). The van der Waals surface area contributed by atoms with E-state index in [9.17, 15) is 9.18 Å². The maximum absolute atomic E-state index is 14.1. The Morgan fingerprint density at radius 2 is 2.10 bits per heavy atom. The Labute approximate surface area is 171 Å². The Morgan fingerprint density at radius 1 is 1.30 bits per heavy atom. The van der Waals surface area contributed by atoms with Crippen LogP contribution in [-0.2, 0) is 6.54 Å². The highest BCUT2D eigenvalue weighted by atomic mass is 19.1. The summed E-state index contributed by atoms with van der Waals surface area (Å²) in [5, 5.41) is 13.9. The molecular formula is C21H17FN6O2. The minimum Gasteiger partial charge on any atom is -0.496 e. The Balaban J connectivity index is 1.65. The van der Waals surface area contributed by atoms with Crippen LogP contribution in [0.25, 0.3) is 0 Å². The predicted molar refractivity (Wildman–Crippen MR) is 106 cm³/mol. The molecule has 0 saturated carbocycles. The molecule has 150 valence electrons. The first kappa shape index (κ1) is 19.3. The topological polar surface area (TPSA) is 103 Å². The number of nitrogens with one attached hydrogen (secondary N) is 2. The molecule has 30 heavy (non-hydrogen) atoms. The zero-order chi connectivity index (χ0) is 21.1. The van der Waals surface area contributed by atoms with E-state index in [1.54, 1.807) is 24.3 Å². The molecule has 2 N–H and O–H groups in total. The average molecular weight is 404 g/mol. The van der Waals surface area contributed by atoms with E-state index in [4.69, 9.17) is 10.00 Å². The van der Waals surface area contributed by atoms with Crippen molar-refractivity contribution in [3.8, 4) is 11.8 Å². The number of nitrogens with zero attached hydrogens (tertiary/aromatic N) is 4. The Morgan fingerprint density at radius 3 is 2.80 bits per heavy atom. The summed E-state index contributed by atoms with van der Waals surface area (Å²) >= 11 is 0. The number of hydrogen-bond donors (Lipinski definition) is 2. The molecule has 0 fully saturated rings. The lowest BCUT2D eigenvalue weighted by Crippen LogP contribution is -2.43. The maximum Gasteiger partial charge on any atom is 0.268 e. The number of carbonyl (C=O) groups excluding carboxylic acids is 1. The number of anilines is 1. The summed E-state index contributed by atoms with van der Waals surface area (Å²) in [6.07, 6.45) is 3.70. The van der Waals surface area contributed by atoms with Crippen LogP contribution in [0, 0.1) is 17.1 Å². The number of halogens is 1. The fourth-order valence-electron chi connectivity index (χ4n) is 3.35. The number of hydrazine groups is 1. The summed E-state index contributed by atoms with van der Waals surface area (Å²) in [5.74, 6) is -0.311. The van der Waals surface area contributed by atoms with Crippen molar-refractivity contribution in [3.63, 3.8) is 0 Å². The van der Waals surface area contributed by atoms with Gasteiger partial charge in [-0.1, -0.05) is 12.1 Å². The number of rotatable bonds is 5. The Hall–Kier alpha value is -4.03. The van der Waals surface area contributed by atoms with Crippen molar-refractivity contribution in [2.45, 2.75) is 12.7 Å². The molecule has 1 unspecified atom stereocenters. The van der Waals surface area contributed by atoms with E-state index in [0.29, 0.717) is 23.5 Å². The highest BCUT2D eigenvalue weighted by molar-refractivity contribution is 5.93. The zero-order valence-electron chi connectivity index (χ0n) is 16.0. The summed E-state index contributed by atoms with van der Waals surface area (Å²) in [6, 6.07) is 11.7. The summed E-state index contributed by atoms with van der Waals surface area (Å²) in [7, 11) is 1.58. The number of nitriles is 1. The molecule has 0 aliphatic carbocycles. The first-order chi connectivity index (χ1) is 14.6. The van der Waals surface area contributed by atoms with Gasteiger partial charge in [-0.3, -0.25) is 10.2 Å². The lowest BCUT2D eigenvalue weighted by molar-refractivity contribution is 0.0731. The van der Waals surface area contributed by atoms with Crippen LogP contribution in [0.15, 0.2) is 55.1 Å². The number of amides is 1. The van der Waals surface area contributed by atoms with E-state index >= 15 is 0 Å². The van der Waals surface area contributed by atoms with Gasteiger partial charge in [-0.2, -0.15) is 10.3 Å². The molecule has 1 aliphatic rings. The van der Waals surface area contributed by atoms with Crippen LogP contribution in [-0.4, -0.2) is 28.0 Å². The third-order valence-electron chi connectivity index (χ3n) is 4.78. The van der Waals surface area contributed by atoms with Gasteiger partial charge in [0.15, 0.2) is 0 Å². The van der Waals surface area contributed by atoms with Crippen LogP contribution in [0.2, 0.25) is 0 Å². The molecule has 1 aliphatic heterocycles. The van der Waals surface area contributed by atoms with Crippen LogP contribution in [0.5, 0.6) is 5.75 Å². The molecule has 2 heterocycles. The fraction of sp³-hybridized carbons (Fsp3) is 0.143. The lowest BCUT2D eigenvalue weighted by Gasteiger charge is -2.27. The summed E-state index contributed by atoms with van der Waals surface area (Å²) in [5.41, 5.74) is 5.37. The number of aromatic nitrogens is 2. The van der Waals surface area contributed by atoms with Crippen LogP contribution >= 0.6 is 0 Å². The van der Waals surface area contributed by atoms with E-state index in [2.05, 4.69) is 20.7 Å². The van der Waals surface area contributed by atoms with Crippen molar-refractivity contribution in [3.05, 3.63) is 83.2 Å². The number of carbonyl (C=O) groups is 1. The molecule has 0 saturated heterocycles. The van der Waals surface area contributed by atoms with Gasteiger partial charge in [0.2, 0.25) is 0 Å². The number of ether oxygens (including phenoxy) is 1. The van der Waals surface area contributed by atoms with Gasteiger partial charge in [-0.05, 0) is 29.8 Å². The number of hydrogen-bond acceptors (Lipinski definition) is 7. The highest BCUT2D eigenvalue weighted by Gasteiger charge is 2.34. The van der Waals surface area contributed by atoms with Crippen LogP contribution in [0.3, 0.4) is 0 Å². The second-order valence-electron chi connectivity index (χ2n) is 6.58. The normalized spacial score (nSPS) is 15.2. The minimum atomic E-state index is -0.622. The third-order valence-corrected chi connectivity index (χ3v) is 4.78.